The monoisotopic (exact) mass is 295 g/mol. The second kappa shape index (κ2) is 5.52. The fraction of sp³-hybridized carbons (Fsp3) is 0.389. The summed E-state index contributed by atoms with van der Waals surface area (Å²) in [5.74, 6) is 1.10. The number of Topliss-reactive ketones (excluding diaryl/α,β-unsaturated/α-hetero) is 1. The van der Waals surface area contributed by atoms with E-state index in [0.29, 0.717) is 18.3 Å². The number of carbonyl (C=O) groups is 1. The summed E-state index contributed by atoms with van der Waals surface area (Å²) in [6.45, 7) is 8.12. The van der Waals surface area contributed by atoms with Gasteiger partial charge in [0, 0.05) is 12.1 Å². The molecule has 114 valence electrons. The molecule has 1 aliphatic carbocycles. The lowest BCUT2D eigenvalue weighted by molar-refractivity contribution is 0.0951. The Balaban J connectivity index is 1.97. The zero-order valence-electron chi connectivity index (χ0n) is 13.5. The second-order valence-electron chi connectivity index (χ2n) is 6.33. The van der Waals surface area contributed by atoms with Crippen LogP contribution in [-0.2, 0) is 6.42 Å². The number of aromatic nitrogens is 2. The predicted octanol–water partition coefficient (Wildman–Crippen LogP) is 3.91. The number of ketones is 1. The van der Waals surface area contributed by atoms with Crippen LogP contribution in [0.1, 0.15) is 46.2 Å². The number of hydrogen-bond donors (Lipinski definition) is 1. The highest BCUT2D eigenvalue weighted by atomic mass is 16.1. The Kier molecular flexibility index (Phi) is 3.69. The van der Waals surface area contributed by atoms with Gasteiger partial charge in [-0.05, 0) is 44.7 Å². The van der Waals surface area contributed by atoms with Gasteiger partial charge in [-0.2, -0.15) is 0 Å². The molecule has 0 fully saturated rings. The van der Waals surface area contributed by atoms with E-state index in [9.17, 15) is 4.79 Å². The smallest absolute Gasteiger partial charge is 0.227 e. The number of nitrogens with one attached hydrogen (secondary N) is 1. The van der Waals surface area contributed by atoms with Crippen molar-refractivity contribution in [1.29, 1.82) is 0 Å². The van der Waals surface area contributed by atoms with E-state index in [4.69, 9.17) is 0 Å². The van der Waals surface area contributed by atoms with Crippen LogP contribution >= 0.6 is 0 Å². The number of hydrogen-bond acceptors (Lipinski definition) is 4. The van der Waals surface area contributed by atoms with E-state index < -0.39 is 0 Å². The summed E-state index contributed by atoms with van der Waals surface area (Å²) < 4.78 is 0. The van der Waals surface area contributed by atoms with Gasteiger partial charge < -0.3 is 5.32 Å². The highest BCUT2D eigenvalue weighted by Gasteiger charge is 2.26. The first-order chi connectivity index (χ1) is 10.4. The van der Waals surface area contributed by atoms with Gasteiger partial charge in [0.25, 0.3) is 0 Å². The minimum Gasteiger partial charge on any atom is -0.324 e. The normalized spacial score (nSPS) is 17.3. The molecule has 0 aliphatic heterocycles. The highest BCUT2D eigenvalue weighted by molar-refractivity contribution is 5.99. The quantitative estimate of drug-likeness (QED) is 0.912. The Morgan fingerprint density at radius 1 is 1.14 bits per heavy atom. The molecule has 2 aromatic rings. The van der Waals surface area contributed by atoms with Gasteiger partial charge in [0.2, 0.25) is 5.95 Å². The standard InChI is InChI=1S/C18H21N3O/c1-10-5-6-14(12(3)7-10)20-18-19-13(4)17-15(21-18)8-11(2)9-16(17)22/h5-7,11H,8-9H2,1-4H3,(H,19,20,21)/t11-/m1/s1. The summed E-state index contributed by atoms with van der Waals surface area (Å²) in [6.07, 6.45) is 1.44. The molecule has 1 aliphatic rings. The number of carbonyl (C=O) groups excluding carboxylic acids is 1. The lowest BCUT2D eigenvalue weighted by atomic mass is 9.86. The van der Waals surface area contributed by atoms with E-state index in [0.717, 1.165) is 34.6 Å². The van der Waals surface area contributed by atoms with E-state index in [-0.39, 0.29) is 5.78 Å². The molecule has 1 atom stereocenters. The van der Waals surface area contributed by atoms with E-state index in [2.05, 4.69) is 48.2 Å². The van der Waals surface area contributed by atoms with Gasteiger partial charge in [0.05, 0.1) is 17.0 Å². The van der Waals surface area contributed by atoms with Crippen LogP contribution in [0.25, 0.3) is 0 Å². The molecule has 1 aromatic carbocycles. The van der Waals surface area contributed by atoms with Crippen LogP contribution in [-0.4, -0.2) is 15.8 Å². The van der Waals surface area contributed by atoms with Crippen molar-refractivity contribution in [2.24, 2.45) is 5.92 Å². The number of aryl methyl sites for hydroxylation is 3. The summed E-state index contributed by atoms with van der Waals surface area (Å²) in [7, 11) is 0. The average Bonchev–Trinajstić information content (AvgIpc) is 2.40. The average molecular weight is 295 g/mol. The van der Waals surface area contributed by atoms with Gasteiger partial charge in [-0.25, -0.2) is 9.97 Å². The van der Waals surface area contributed by atoms with Crippen LogP contribution in [0.5, 0.6) is 0 Å². The molecule has 0 unspecified atom stereocenters. The first-order valence-corrected chi connectivity index (χ1v) is 7.69. The number of nitrogens with zero attached hydrogens (tertiary/aromatic N) is 2. The Labute approximate surface area is 131 Å². The molecule has 0 radical (unpaired) electrons. The highest BCUT2D eigenvalue weighted by Crippen LogP contribution is 2.28. The lowest BCUT2D eigenvalue weighted by Gasteiger charge is -2.21. The molecule has 4 heteroatoms. The largest absolute Gasteiger partial charge is 0.324 e. The van der Waals surface area contributed by atoms with Crippen LogP contribution in [0.15, 0.2) is 18.2 Å². The van der Waals surface area contributed by atoms with Crippen molar-refractivity contribution in [2.45, 2.75) is 40.5 Å². The molecule has 0 saturated heterocycles. The zero-order chi connectivity index (χ0) is 15.9. The number of anilines is 2. The van der Waals surface area contributed by atoms with E-state index in [1.807, 2.05) is 13.0 Å². The van der Waals surface area contributed by atoms with Gasteiger partial charge in [0.15, 0.2) is 5.78 Å². The van der Waals surface area contributed by atoms with Crippen LogP contribution < -0.4 is 5.32 Å². The van der Waals surface area contributed by atoms with Gasteiger partial charge in [-0.3, -0.25) is 4.79 Å². The first kappa shape index (κ1) is 14.7. The number of fused-ring (bicyclic) bond motifs is 1. The molecule has 1 N–H and O–H groups in total. The molecule has 4 nitrogen and oxygen atoms in total. The van der Waals surface area contributed by atoms with Crippen molar-refractivity contribution >= 4 is 17.4 Å². The Morgan fingerprint density at radius 2 is 1.91 bits per heavy atom. The fourth-order valence-corrected chi connectivity index (χ4v) is 3.09. The maximum atomic E-state index is 12.2. The third-order valence-corrected chi connectivity index (χ3v) is 4.15. The van der Waals surface area contributed by atoms with E-state index in [1.165, 1.54) is 5.56 Å². The molecule has 0 bridgehead atoms. The molecule has 1 aromatic heterocycles. The van der Waals surface area contributed by atoms with Crippen molar-refractivity contribution < 1.29 is 4.79 Å². The van der Waals surface area contributed by atoms with Gasteiger partial charge >= 0.3 is 0 Å². The maximum absolute atomic E-state index is 12.2. The predicted molar refractivity (Wildman–Crippen MR) is 87.8 cm³/mol. The Hall–Kier alpha value is -2.23. The van der Waals surface area contributed by atoms with Gasteiger partial charge in [-0.1, -0.05) is 24.6 Å². The summed E-state index contributed by atoms with van der Waals surface area (Å²) in [4.78, 5) is 21.2. The fourth-order valence-electron chi connectivity index (χ4n) is 3.09. The first-order valence-electron chi connectivity index (χ1n) is 7.69. The van der Waals surface area contributed by atoms with Crippen LogP contribution in [0.4, 0.5) is 11.6 Å². The zero-order valence-corrected chi connectivity index (χ0v) is 13.5. The summed E-state index contributed by atoms with van der Waals surface area (Å²) in [5, 5.41) is 3.29. The van der Waals surface area contributed by atoms with Crippen molar-refractivity contribution in [1.82, 2.24) is 9.97 Å². The minimum absolute atomic E-state index is 0.171. The van der Waals surface area contributed by atoms with Crippen molar-refractivity contribution in [2.75, 3.05) is 5.32 Å². The van der Waals surface area contributed by atoms with Crippen LogP contribution in [0.3, 0.4) is 0 Å². The lowest BCUT2D eigenvalue weighted by Crippen LogP contribution is -2.22. The maximum Gasteiger partial charge on any atom is 0.227 e. The summed E-state index contributed by atoms with van der Waals surface area (Å²) in [5.41, 5.74) is 5.76. The summed E-state index contributed by atoms with van der Waals surface area (Å²) >= 11 is 0. The van der Waals surface area contributed by atoms with E-state index >= 15 is 0 Å². The Bertz CT molecular complexity index is 752. The van der Waals surface area contributed by atoms with Crippen molar-refractivity contribution in [3.05, 3.63) is 46.3 Å². The topological polar surface area (TPSA) is 54.9 Å². The third kappa shape index (κ3) is 2.73. The van der Waals surface area contributed by atoms with Crippen molar-refractivity contribution in [3.63, 3.8) is 0 Å². The SMILES string of the molecule is Cc1ccc(Nc2nc(C)c3c(n2)C[C@@H](C)CC3=O)c(C)c1. The second-order valence-corrected chi connectivity index (χ2v) is 6.33. The molecule has 22 heavy (non-hydrogen) atoms. The third-order valence-electron chi connectivity index (χ3n) is 4.15. The molecule has 0 saturated carbocycles. The van der Waals surface area contributed by atoms with Crippen molar-refractivity contribution in [3.8, 4) is 0 Å². The van der Waals surface area contributed by atoms with Crippen LogP contribution in [0.2, 0.25) is 0 Å². The van der Waals surface area contributed by atoms with Gasteiger partial charge in [-0.15, -0.1) is 0 Å². The molecule has 0 spiro atoms. The number of rotatable bonds is 2. The molecule has 0 amide bonds. The molecular weight excluding hydrogens is 274 g/mol. The minimum atomic E-state index is 0.171. The Morgan fingerprint density at radius 3 is 2.64 bits per heavy atom. The van der Waals surface area contributed by atoms with Crippen LogP contribution in [0, 0.1) is 26.7 Å². The van der Waals surface area contributed by atoms with E-state index in [1.54, 1.807) is 0 Å². The molecular formula is C18H21N3O. The van der Waals surface area contributed by atoms with Gasteiger partial charge in [0.1, 0.15) is 0 Å². The summed E-state index contributed by atoms with van der Waals surface area (Å²) in [6, 6.07) is 6.22. The molecule has 1 heterocycles. The number of benzene rings is 1. The molecule has 3 rings (SSSR count).